The zero-order valence-corrected chi connectivity index (χ0v) is 11.8. The van der Waals surface area contributed by atoms with Crippen molar-refractivity contribution in [2.24, 2.45) is 0 Å². The van der Waals surface area contributed by atoms with Gasteiger partial charge < -0.3 is 5.11 Å². The average molecular weight is 300 g/mol. The van der Waals surface area contributed by atoms with Crippen LogP contribution in [0.4, 0.5) is 0 Å². The van der Waals surface area contributed by atoms with Gasteiger partial charge in [-0.3, -0.25) is 10.1 Å². The van der Waals surface area contributed by atoms with Gasteiger partial charge >= 0.3 is 5.97 Å². The average Bonchev–Trinajstić information content (AvgIpc) is 2.32. The van der Waals surface area contributed by atoms with E-state index in [-0.39, 0.29) is 0 Å². The van der Waals surface area contributed by atoms with Crippen LogP contribution in [0.25, 0.3) is 0 Å². The third kappa shape index (κ3) is 3.30. The highest BCUT2D eigenvalue weighted by Gasteiger charge is 2.33. The molecule has 94 valence electrons. The summed E-state index contributed by atoms with van der Waals surface area (Å²) in [4.78, 5) is 11.3. The Morgan fingerprint density at radius 3 is 2.41 bits per heavy atom. The van der Waals surface area contributed by atoms with Crippen molar-refractivity contribution in [2.45, 2.75) is 38.8 Å². The lowest BCUT2D eigenvalue weighted by molar-refractivity contribution is -0.145. The molecule has 0 saturated carbocycles. The van der Waals surface area contributed by atoms with E-state index in [2.05, 4.69) is 21.2 Å². The first kappa shape index (κ1) is 14.2. The standard InChI is InChI=1S/C13H18BrNO2/c1-3-13(4-2,12(16)17)15-9-10-7-5-6-8-11(10)14/h5-8,15H,3-4,9H2,1-2H3,(H,16,17). The Morgan fingerprint density at radius 1 is 1.35 bits per heavy atom. The van der Waals surface area contributed by atoms with Gasteiger partial charge in [-0.2, -0.15) is 0 Å². The van der Waals surface area contributed by atoms with Gasteiger partial charge in [-0.15, -0.1) is 0 Å². The molecule has 0 aliphatic carbocycles. The molecular weight excluding hydrogens is 282 g/mol. The van der Waals surface area contributed by atoms with Crippen LogP contribution in [-0.2, 0) is 11.3 Å². The van der Waals surface area contributed by atoms with Crippen molar-refractivity contribution in [1.29, 1.82) is 0 Å². The number of benzene rings is 1. The number of hydrogen-bond acceptors (Lipinski definition) is 2. The minimum atomic E-state index is -0.824. The number of halogens is 1. The van der Waals surface area contributed by atoms with Gasteiger partial charge in [0.05, 0.1) is 0 Å². The molecule has 3 nitrogen and oxygen atoms in total. The predicted octanol–water partition coefficient (Wildman–Crippen LogP) is 3.18. The largest absolute Gasteiger partial charge is 0.480 e. The van der Waals surface area contributed by atoms with Crippen molar-refractivity contribution in [2.75, 3.05) is 0 Å². The molecule has 1 aromatic carbocycles. The molecule has 0 heterocycles. The molecule has 2 N–H and O–H groups in total. The van der Waals surface area contributed by atoms with E-state index in [4.69, 9.17) is 0 Å². The third-order valence-electron chi connectivity index (χ3n) is 3.19. The number of hydrogen-bond donors (Lipinski definition) is 2. The van der Waals surface area contributed by atoms with Crippen LogP contribution >= 0.6 is 15.9 Å². The zero-order valence-electron chi connectivity index (χ0n) is 10.2. The van der Waals surface area contributed by atoms with E-state index in [0.29, 0.717) is 19.4 Å². The summed E-state index contributed by atoms with van der Waals surface area (Å²) in [5.41, 5.74) is 0.245. The molecule has 0 fully saturated rings. The van der Waals surface area contributed by atoms with Gasteiger partial charge in [0.1, 0.15) is 5.54 Å². The Bertz CT molecular complexity index is 389. The first-order valence-corrected chi connectivity index (χ1v) is 6.57. The van der Waals surface area contributed by atoms with Gasteiger partial charge in [-0.25, -0.2) is 0 Å². The Balaban J connectivity index is 2.78. The maximum absolute atomic E-state index is 11.3. The zero-order chi connectivity index (χ0) is 12.9. The molecular formula is C13H18BrNO2. The van der Waals surface area contributed by atoms with Crippen molar-refractivity contribution in [3.05, 3.63) is 34.3 Å². The van der Waals surface area contributed by atoms with Gasteiger partial charge in [0.25, 0.3) is 0 Å². The van der Waals surface area contributed by atoms with Crippen molar-refractivity contribution in [3.63, 3.8) is 0 Å². The number of rotatable bonds is 6. The molecule has 0 amide bonds. The van der Waals surface area contributed by atoms with E-state index < -0.39 is 11.5 Å². The first-order chi connectivity index (χ1) is 8.05. The van der Waals surface area contributed by atoms with Crippen LogP contribution in [0.15, 0.2) is 28.7 Å². The number of carboxylic acid groups (broad SMARTS) is 1. The fourth-order valence-electron chi connectivity index (χ4n) is 1.78. The highest BCUT2D eigenvalue weighted by molar-refractivity contribution is 9.10. The first-order valence-electron chi connectivity index (χ1n) is 5.77. The molecule has 0 bridgehead atoms. The summed E-state index contributed by atoms with van der Waals surface area (Å²) in [6, 6.07) is 7.83. The third-order valence-corrected chi connectivity index (χ3v) is 3.97. The molecule has 0 saturated heterocycles. The molecule has 0 radical (unpaired) electrons. The monoisotopic (exact) mass is 299 g/mol. The minimum Gasteiger partial charge on any atom is -0.480 e. The van der Waals surface area contributed by atoms with E-state index in [1.54, 1.807) is 0 Å². The molecule has 4 heteroatoms. The predicted molar refractivity (Wildman–Crippen MR) is 71.9 cm³/mol. The summed E-state index contributed by atoms with van der Waals surface area (Å²) in [7, 11) is 0. The van der Waals surface area contributed by atoms with Crippen molar-refractivity contribution < 1.29 is 9.90 Å². The van der Waals surface area contributed by atoms with Crippen LogP contribution < -0.4 is 5.32 Å². The van der Waals surface area contributed by atoms with Gasteiger partial charge in [0.15, 0.2) is 0 Å². The molecule has 1 aromatic rings. The van der Waals surface area contributed by atoms with E-state index in [1.807, 2.05) is 38.1 Å². The molecule has 0 aliphatic heterocycles. The van der Waals surface area contributed by atoms with E-state index in [1.165, 1.54) is 0 Å². The van der Waals surface area contributed by atoms with Crippen molar-refractivity contribution >= 4 is 21.9 Å². The number of nitrogens with one attached hydrogen (secondary N) is 1. The number of aliphatic carboxylic acids is 1. The lowest BCUT2D eigenvalue weighted by atomic mass is 9.92. The smallest absolute Gasteiger partial charge is 0.323 e. The van der Waals surface area contributed by atoms with E-state index >= 15 is 0 Å². The highest BCUT2D eigenvalue weighted by atomic mass is 79.9. The van der Waals surface area contributed by atoms with Crippen molar-refractivity contribution in [3.8, 4) is 0 Å². The normalized spacial score (nSPS) is 11.5. The lowest BCUT2D eigenvalue weighted by Crippen LogP contribution is -2.50. The fraction of sp³-hybridized carbons (Fsp3) is 0.462. The summed E-state index contributed by atoms with van der Waals surface area (Å²) >= 11 is 3.46. The fourth-order valence-corrected chi connectivity index (χ4v) is 2.21. The summed E-state index contributed by atoms with van der Waals surface area (Å²) in [5.74, 6) is -0.783. The van der Waals surface area contributed by atoms with Gasteiger partial charge in [-0.05, 0) is 24.5 Å². The van der Waals surface area contributed by atoms with Gasteiger partial charge in [0, 0.05) is 11.0 Å². The Hall–Kier alpha value is -0.870. The lowest BCUT2D eigenvalue weighted by Gasteiger charge is -2.28. The van der Waals surface area contributed by atoms with Crippen LogP contribution in [0.5, 0.6) is 0 Å². The Morgan fingerprint density at radius 2 is 1.94 bits per heavy atom. The topological polar surface area (TPSA) is 49.3 Å². The van der Waals surface area contributed by atoms with Gasteiger partial charge in [0.2, 0.25) is 0 Å². The maximum atomic E-state index is 11.3. The molecule has 0 aliphatic rings. The van der Waals surface area contributed by atoms with Crippen LogP contribution in [0.3, 0.4) is 0 Å². The molecule has 0 aromatic heterocycles. The second-order valence-electron chi connectivity index (χ2n) is 4.04. The van der Waals surface area contributed by atoms with Crippen molar-refractivity contribution in [1.82, 2.24) is 5.32 Å². The molecule has 0 atom stereocenters. The second kappa shape index (κ2) is 6.17. The number of carbonyl (C=O) groups is 1. The maximum Gasteiger partial charge on any atom is 0.323 e. The van der Waals surface area contributed by atoms with Crippen LogP contribution in [0, 0.1) is 0 Å². The van der Waals surface area contributed by atoms with E-state index in [9.17, 15) is 9.90 Å². The van der Waals surface area contributed by atoms with Crippen LogP contribution in [-0.4, -0.2) is 16.6 Å². The minimum absolute atomic E-state index is 0.551. The quantitative estimate of drug-likeness (QED) is 0.848. The van der Waals surface area contributed by atoms with E-state index in [0.717, 1.165) is 10.0 Å². The molecule has 1 rings (SSSR count). The molecule has 17 heavy (non-hydrogen) atoms. The second-order valence-corrected chi connectivity index (χ2v) is 4.89. The molecule has 0 spiro atoms. The summed E-state index contributed by atoms with van der Waals surface area (Å²) in [6.07, 6.45) is 1.15. The molecule has 0 unspecified atom stereocenters. The van der Waals surface area contributed by atoms with Crippen LogP contribution in [0.2, 0.25) is 0 Å². The summed E-state index contributed by atoms with van der Waals surface area (Å²) in [6.45, 7) is 4.34. The summed E-state index contributed by atoms with van der Waals surface area (Å²) < 4.78 is 0.999. The summed E-state index contributed by atoms with van der Waals surface area (Å²) in [5, 5.41) is 12.5. The van der Waals surface area contributed by atoms with Crippen LogP contribution in [0.1, 0.15) is 32.3 Å². The number of carboxylic acids is 1. The highest BCUT2D eigenvalue weighted by Crippen LogP contribution is 2.20. The Labute approximate surface area is 110 Å². The van der Waals surface area contributed by atoms with Gasteiger partial charge in [-0.1, -0.05) is 48.0 Å². The Kier molecular flexibility index (Phi) is 5.15. The SMILES string of the molecule is CCC(CC)(NCc1ccccc1Br)C(=O)O.